The molecule has 0 aliphatic heterocycles. The van der Waals surface area contributed by atoms with Crippen molar-refractivity contribution in [1.29, 1.82) is 0 Å². The molecule has 3 heteroatoms. The largest absolute Gasteiger partial charge is 0.493 e. The molecule has 1 fully saturated rings. The van der Waals surface area contributed by atoms with Gasteiger partial charge in [-0.15, -0.1) is 0 Å². The van der Waals surface area contributed by atoms with Gasteiger partial charge in [0.15, 0.2) is 0 Å². The summed E-state index contributed by atoms with van der Waals surface area (Å²) in [6.07, 6.45) is 7.40. The maximum atomic E-state index is 5.81. The summed E-state index contributed by atoms with van der Waals surface area (Å²) in [5, 5.41) is 0. The van der Waals surface area contributed by atoms with E-state index in [0.29, 0.717) is 12.0 Å². The van der Waals surface area contributed by atoms with Gasteiger partial charge in [0.2, 0.25) is 0 Å². The molecular weight excluding hydrogens is 188 g/mol. The molecule has 0 bridgehead atoms. The summed E-state index contributed by atoms with van der Waals surface area (Å²) in [6, 6.07) is 1.89. The minimum absolute atomic E-state index is 0.384. The molecule has 1 aromatic rings. The van der Waals surface area contributed by atoms with Gasteiger partial charge in [-0.05, 0) is 18.9 Å². The third-order valence-corrected chi connectivity index (χ3v) is 3.22. The van der Waals surface area contributed by atoms with E-state index in [9.17, 15) is 0 Å². The number of aromatic nitrogens is 1. The van der Waals surface area contributed by atoms with Crippen LogP contribution in [0.2, 0.25) is 0 Å². The van der Waals surface area contributed by atoms with Gasteiger partial charge in [-0.3, -0.25) is 4.98 Å². The fourth-order valence-corrected chi connectivity index (χ4v) is 1.89. The number of nitrogens with two attached hydrogens (primary N) is 1. The Morgan fingerprint density at radius 3 is 2.93 bits per heavy atom. The Bertz CT molecular complexity index is 334. The molecule has 0 saturated heterocycles. The van der Waals surface area contributed by atoms with Gasteiger partial charge in [-0.1, -0.05) is 13.3 Å². The molecule has 15 heavy (non-hydrogen) atoms. The minimum Gasteiger partial charge on any atom is -0.493 e. The fourth-order valence-electron chi connectivity index (χ4n) is 1.89. The van der Waals surface area contributed by atoms with Gasteiger partial charge >= 0.3 is 0 Å². The van der Waals surface area contributed by atoms with Gasteiger partial charge in [0.1, 0.15) is 5.75 Å². The molecule has 3 nitrogen and oxygen atoms in total. The second kappa shape index (κ2) is 4.19. The zero-order valence-corrected chi connectivity index (χ0v) is 9.20. The number of hydrogen-bond donors (Lipinski definition) is 1. The highest BCUT2D eigenvalue weighted by molar-refractivity contribution is 5.29. The van der Waals surface area contributed by atoms with Crippen LogP contribution >= 0.6 is 0 Å². The van der Waals surface area contributed by atoms with Crippen molar-refractivity contribution in [1.82, 2.24) is 4.98 Å². The monoisotopic (exact) mass is 206 g/mol. The van der Waals surface area contributed by atoms with Gasteiger partial charge in [-0.2, -0.15) is 0 Å². The highest BCUT2D eigenvalue weighted by atomic mass is 16.5. The Morgan fingerprint density at radius 2 is 2.33 bits per heavy atom. The SMILES string of the molecule is CC1(COc2ccncc2CN)CCC1. The third-order valence-electron chi connectivity index (χ3n) is 3.22. The second-order valence-corrected chi connectivity index (χ2v) is 4.64. The summed E-state index contributed by atoms with van der Waals surface area (Å²) in [6.45, 7) is 3.56. The van der Waals surface area contributed by atoms with Crippen molar-refractivity contribution in [3.05, 3.63) is 24.0 Å². The van der Waals surface area contributed by atoms with E-state index in [-0.39, 0.29) is 0 Å². The zero-order valence-electron chi connectivity index (χ0n) is 9.20. The first-order valence-corrected chi connectivity index (χ1v) is 5.49. The van der Waals surface area contributed by atoms with E-state index in [0.717, 1.165) is 17.9 Å². The highest BCUT2D eigenvalue weighted by Crippen LogP contribution is 2.40. The van der Waals surface area contributed by atoms with Crippen molar-refractivity contribution in [2.75, 3.05) is 6.61 Å². The van der Waals surface area contributed by atoms with Crippen molar-refractivity contribution < 1.29 is 4.74 Å². The molecule has 1 saturated carbocycles. The summed E-state index contributed by atoms with van der Waals surface area (Å²) in [5.74, 6) is 0.889. The molecule has 82 valence electrons. The summed E-state index contributed by atoms with van der Waals surface area (Å²) in [5.41, 5.74) is 6.99. The van der Waals surface area contributed by atoms with Crippen molar-refractivity contribution in [3.8, 4) is 5.75 Å². The van der Waals surface area contributed by atoms with Gasteiger partial charge in [0.25, 0.3) is 0 Å². The first-order chi connectivity index (χ1) is 7.23. The van der Waals surface area contributed by atoms with Crippen molar-refractivity contribution >= 4 is 0 Å². The molecule has 1 heterocycles. The van der Waals surface area contributed by atoms with Crippen LogP contribution < -0.4 is 10.5 Å². The smallest absolute Gasteiger partial charge is 0.126 e. The predicted octanol–water partition coefficient (Wildman–Crippen LogP) is 2.11. The quantitative estimate of drug-likeness (QED) is 0.820. The van der Waals surface area contributed by atoms with E-state index in [1.165, 1.54) is 19.3 Å². The Kier molecular flexibility index (Phi) is 2.91. The molecule has 0 radical (unpaired) electrons. The highest BCUT2D eigenvalue weighted by Gasteiger charge is 2.32. The Hall–Kier alpha value is -1.09. The predicted molar refractivity (Wildman–Crippen MR) is 59.6 cm³/mol. The molecule has 2 rings (SSSR count). The molecule has 1 aliphatic rings. The summed E-state index contributed by atoms with van der Waals surface area (Å²) in [7, 11) is 0. The van der Waals surface area contributed by atoms with Crippen LogP contribution in [0, 0.1) is 5.41 Å². The van der Waals surface area contributed by atoms with E-state index >= 15 is 0 Å². The first-order valence-electron chi connectivity index (χ1n) is 5.49. The van der Waals surface area contributed by atoms with Crippen molar-refractivity contribution in [2.45, 2.75) is 32.7 Å². The lowest BCUT2D eigenvalue weighted by molar-refractivity contribution is 0.0770. The van der Waals surface area contributed by atoms with Crippen LogP contribution in [0.15, 0.2) is 18.5 Å². The number of pyridine rings is 1. The summed E-state index contributed by atoms with van der Waals surface area (Å²) < 4.78 is 5.81. The summed E-state index contributed by atoms with van der Waals surface area (Å²) >= 11 is 0. The molecule has 1 aliphatic carbocycles. The van der Waals surface area contributed by atoms with E-state index in [4.69, 9.17) is 10.5 Å². The average molecular weight is 206 g/mol. The summed E-state index contributed by atoms with van der Waals surface area (Å²) in [4.78, 5) is 4.03. The number of ether oxygens (including phenoxy) is 1. The number of rotatable bonds is 4. The van der Waals surface area contributed by atoms with Crippen LogP contribution in [-0.4, -0.2) is 11.6 Å². The number of hydrogen-bond acceptors (Lipinski definition) is 3. The molecule has 0 aromatic carbocycles. The fraction of sp³-hybridized carbons (Fsp3) is 0.583. The Balaban J connectivity index is 1.98. The minimum atomic E-state index is 0.384. The second-order valence-electron chi connectivity index (χ2n) is 4.64. The first kappa shape index (κ1) is 10.4. The van der Waals surface area contributed by atoms with Crippen LogP contribution in [0.25, 0.3) is 0 Å². The third kappa shape index (κ3) is 2.29. The maximum absolute atomic E-state index is 5.81. The molecule has 0 amide bonds. The molecule has 0 unspecified atom stereocenters. The zero-order chi connectivity index (χ0) is 10.7. The van der Waals surface area contributed by atoms with E-state index in [1.54, 1.807) is 12.4 Å². The molecule has 0 spiro atoms. The van der Waals surface area contributed by atoms with Gasteiger partial charge in [-0.25, -0.2) is 0 Å². The van der Waals surface area contributed by atoms with Crippen molar-refractivity contribution in [3.63, 3.8) is 0 Å². The standard InChI is InChI=1S/C12H18N2O/c1-12(4-2-5-12)9-15-11-3-6-14-8-10(11)7-13/h3,6,8H,2,4-5,7,9,13H2,1H3. The molecule has 0 atom stereocenters. The van der Waals surface area contributed by atoms with E-state index in [1.807, 2.05) is 6.07 Å². The van der Waals surface area contributed by atoms with E-state index in [2.05, 4.69) is 11.9 Å². The Labute approximate surface area is 90.7 Å². The van der Waals surface area contributed by atoms with Gasteiger partial charge in [0.05, 0.1) is 6.61 Å². The van der Waals surface area contributed by atoms with Gasteiger partial charge in [0, 0.05) is 29.9 Å². The molecular formula is C12H18N2O. The topological polar surface area (TPSA) is 48.1 Å². The van der Waals surface area contributed by atoms with E-state index < -0.39 is 0 Å². The van der Waals surface area contributed by atoms with Crippen LogP contribution in [0.3, 0.4) is 0 Å². The van der Waals surface area contributed by atoms with Crippen LogP contribution in [-0.2, 0) is 6.54 Å². The normalized spacial score (nSPS) is 18.3. The van der Waals surface area contributed by atoms with Crippen molar-refractivity contribution in [2.24, 2.45) is 11.1 Å². The molecule has 2 N–H and O–H groups in total. The number of nitrogens with zero attached hydrogens (tertiary/aromatic N) is 1. The maximum Gasteiger partial charge on any atom is 0.126 e. The average Bonchev–Trinajstić information content (AvgIpc) is 2.24. The lowest BCUT2D eigenvalue weighted by atomic mass is 9.71. The van der Waals surface area contributed by atoms with Crippen LogP contribution in [0.4, 0.5) is 0 Å². The van der Waals surface area contributed by atoms with Gasteiger partial charge < -0.3 is 10.5 Å². The molecule has 1 aromatic heterocycles. The van der Waals surface area contributed by atoms with Crippen LogP contribution in [0.1, 0.15) is 31.7 Å². The van der Waals surface area contributed by atoms with Crippen LogP contribution in [0.5, 0.6) is 5.75 Å². The lowest BCUT2D eigenvalue weighted by Gasteiger charge is -2.37. The lowest BCUT2D eigenvalue weighted by Crippen LogP contribution is -2.32. The Morgan fingerprint density at radius 1 is 1.53 bits per heavy atom.